The SMILES string of the molecule is Cc1ccc(CN2CCN(Cc3cc(C(C)C)n[nH]3)C[C@@H]2CCO)cc1. The van der Waals surface area contributed by atoms with Crippen LogP contribution in [0.3, 0.4) is 0 Å². The lowest BCUT2D eigenvalue weighted by Gasteiger charge is -2.41. The lowest BCUT2D eigenvalue weighted by molar-refractivity contribution is 0.0494. The molecule has 1 aromatic carbocycles. The van der Waals surface area contributed by atoms with Gasteiger partial charge in [-0.1, -0.05) is 43.7 Å². The molecule has 3 rings (SSSR count). The minimum absolute atomic E-state index is 0.241. The Labute approximate surface area is 157 Å². The molecule has 1 aliphatic rings. The van der Waals surface area contributed by atoms with Crippen LogP contribution in [0.2, 0.25) is 0 Å². The second-order valence-corrected chi connectivity index (χ2v) is 7.83. The summed E-state index contributed by atoms with van der Waals surface area (Å²) in [7, 11) is 0. The number of piperazine rings is 1. The normalized spacial score (nSPS) is 19.3. The number of nitrogens with one attached hydrogen (secondary N) is 1. The van der Waals surface area contributed by atoms with Crippen LogP contribution in [0.4, 0.5) is 0 Å². The van der Waals surface area contributed by atoms with Crippen LogP contribution in [0, 0.1) is 6.92 Å². The minimum Gasteiger partial charge on any atom is -0.396 e. The number of hydrogen-bond donors (Lipinski definition) is 2. The molecule has 26 heavy (non-hydrogen) atoms. The first-order valence-corrected chi connectivity index (χ1v) is 9.72. The van der Waals surface area contributed by atoms with Gasteiger partial charge in [0.25, 0.3) is 0 Å². The summed E-state index contributed by atoms with van der Waals surface area (Å²) in [5.41, 5.74) is 4.96. The Morgan fingerprint density at radius 3 is 2.62 bits per heavy atom. The monoisotopic (exact) mass is 356 g/mol. The summed E-state index contributed by atoms with van der Waals surface area (Å²) in [5, 5.41) is 17.1. The number of H-pyrrole nitrogens is 1. The fraction of sp³-hybridized carbons (Fsp3) is 0.571. The van der Waals surface area contributed by atoms with Gasteiger partial charge in [-0.25, -0.2) is 0 Å². The van der Waals surface area contributed by atoms with Gasteiger partial charge in [-0.05, 0) is 30.9 Å². The highest BCUT2D eigenvalue weighted by Gasteiger charge is 2.27. The largest absolute Gasteiger partial charge is 0.396 e. The first-order valence-electron chi connectivity index (χ1n) is 9.72. The van der Waals surface area contributed by atoms with E-state index in [1.165, 1.54) is 16.8 Å². The fourth-order valence-corrected chi connectivity index (χ4v) is 3.66. The molecule has 1 fully saturated rings. The maximum Gasteiger partial charge on any atom is 0.0650 e. The van der Waals surface area contributed by atoms with E-state index >= 15 is 0 Å². The standard InChI is InChI=1S/C21H32N4O/c1-16(2)21-12-19(22-23-21)14-24-9-10-25(20(15-24)8-11-26)13-18-6-4-17(3)5-7-18/h4-7,12,16,20,26H,8-11,13-15H2,1-3H3,(H,22,23)/t20-/m0/s1. The van der Waals surface area contributed by atoms with Crippen molar-refractivity contribution >= 4 is 0 Å². The average Bonchev–Trinajstić information content (AvgIpc) is 3.08. The summed E-state index contributed by atoms with van der Waals surface area (Å²) < 4.78 is 0. The zero-order valence-electron chi connectivity index (χ0n) is 16.3. The van der Waals surface area contributed by atoms with Crippen molar-refractivity contribution in [3.63, 3.8) is 0 Å². The van der Waals surface area contributed by atoms with Crippen LogP contribution < -0.4 is 0 Å². The van der Waals surface area contributed by atoms with E-state index in [-0.39, 0.29) is 6.61 Å². The van der Waals surface area contributed by atoms with Gasteiger partial charge in [0.15, 0.2) is 0 Å². The number of aliphatic hydroxyl groups excluding tert-OH is 1. The molecule has 0 unspecified atom stereocenters. The van der Waals surface area contributed by atoms with Crippen molar-refractivity contribution in [3.05, 3.63) is 52.8 Å². The van der Waals surface area contributed by atoms with Crippen molar-refractivity contribution in [2.75, 3.05) is 26.2 Å². The van der Waals surface area contributed by atoms with Gasteiger partial charge in [0.2, 0.25) is 0 Å². The van der Waals surface area contributed by atoms with Crippen molar-refractivity contribution in [3.8, 4) is 0 Å². The second kappa shape index (κ2) is 8.80. The van der Waals surface area contributed by atoms with Gasteiger partial charge >= 0.3 is 0 Å². The third kappa shape index (κ3) is 4.93. The molecule has 1 atom stereocenters. The number of aromatic nitrogens is 2. The zero-order chi connectivity index (χ0) is 18.5. The molecule has 2 aromatic rings. The number of benzene rings is 1. The van der Waals surface area contributed by atoms with Crippen molar-refractivity contribution in [1.29, 1.82) is 0 Å². The lowest BCUT2D eigenvalue weighted by Crippen LogP contribution is -2.52. The molecule has 5 heteroatoms. The summed E-state index contributed by atoms with van der Waals surface area (Å²) in [6, 6.07) is 11.4. The Kier molecular flexibility index (Phi) is 6.46. The Morgan fingerprint density at radius 1 is 1.19 bits per heavy atom. The smallest absolute Gasteiger partial charge is 0.0650 e. The predicted octanol–water partition coefficient (Wildman–Crippen LogP) is 2.91. The fourth-order valence-electron chi connectivity index (χ4n) is 3.66. The van der Waals surface area contributed by atoms with E-state index < -0.39 is 0 Å². The molecule has 0 amide bonds. The van der Waals surface area contributed by atoms with Gasteiger partial charge in [0.1, 0.15) is 0 Å². The van der Waals surface area contributed by atoms with E-state index in [0.29, 0.717) is 12.0 Å². The van der Waals surface area contributed by atoms with Crippen LogP contribution in [-0.2, 0) is 13.1 Å². The van der Waals surface area contributed by atoms with E-state index in [0.717, 1.165) is 44.8 Å². The number of aliphatic hydroxyl groups is 1. The third-order valence-corrected chi connectivity index (χ3v) is 5.29. The van der Waals surface area contributed by atoms with Crippen LogP contribution in [0.15, 0.2) is 30.3 Å². The maximum atomic E-state index is 9.52. The molecule has 1 aromatic heterocycles. The molecule has 0 saturated carbocycles. The first-order chi connectivity index (χ1) is 12.5. The number of aromatic amines is 1. The Bertz CT molecular complexity index is 680. The Hall–Kier alpha value is -1.69. The number of aryl methyl sites for hydroxylation is 1. The quantitative estimate of drug-likeness (QED) is 0.801. The molecule has 2 heterocycles. The molecule has 0 radical (unpaired) electrons. The van der Waals surface area contributed by atoms with Crippen molar-refractivity contribution < 1.29 is 5.11 Å². The Morgan fingerprint density at radius 2 is 1.96 bits per heavy atom. The highest BCUT2D eigenvalue weighted by molar-refractivity contribution is 5.21. The van der Waals surface area contributed by atoms with Crippen LogP contribution in [0.5, 0.6) is 0 Å². The van der Waals surface area contributed by atoms with E-state index in [1.54, 1.807) is 0 Å². The van der Waals surface area contributed by atoms with Gasteiger partial charge in [-0.3, -0.25) is 14.9 Å². The lowest BCUT2D eigenvalue weighted by atomic mass is 10.1. The van der Waals surface area contributed by atoms with E-state index in [2.05, 4.69) is 71.1 Å². The molecule has 2 N–H and O–H groups in total. The van der Waals surface area contributed by atoms with Crippen LogP contribution in [-0.4, -0.2) is 57.4 Å². The maximum absolute atomic E-state index is 9.52. The molecule has 0 bridgehead atoms. The second-order valence-electron chi connectivity index (χ2n) is 7.83. The van der Waals surface area contributed by atoms with E-state index in [4.69, 9.17) is 0 Å². The molecule has 142 valence electrons. The predicted molar refractivity (Wildman–Crippen MR) is 105 cm³/mol. The number of nitrogens with zero attached hydrogens (tertiary/aromatic N) is 3. The zero-order valence-corrected chi connectivity index (χ0v) is 16.3. The van der Waals surface area contributed by atoms with Crippen molar-refractivity contribution in [2.45, 2.75) is 52.2 Å². The molecule has 5 nitrogen and oxygen atoms in total. The van der Waals surface area contributed by atoms with Crippen LogP contribution in [0.1, 0.15) is 48.7 Å². The van der Waals surface area contributed by atoms with Crippen molar-refractivity contribution in [1.82, 2.24) is 20.0 Å². The minimum atomic E-state index is 0.241. The van der Waals surface area contributed by atoms with Crippen LogP contribution >= 0.6 is 0 Å². The average molecular weight is 357 g/mol. The summed E-state index contributed by atoms with van der Waals surface area (Å²) in [4.78, 5) is 4.99. The van der Waals surface area contributed by atoms with Crippen LogP contribution in [0.25, 0.3) is 0 Å². The highest BCUT2D eigenvalue weighted by atomic mass is 16.3. The summed E-state index contributed by atoms with van der Waals surface area (Å²) in [5.74, 6) is 0.452. The first kappa shape index (κ1) is 19.1. The Balaban J connectivity index is 1.60. The molecule has 1 aliphatic heterocycles. The summed E-state index contributed by atoms with van der Waals surface area (Å²) >= 11 is 0. The number of hydrogen-bond acceptors (Lipinski definition) is 4. The molecular weight excluding hydrogens is 324 g/mol. The highest BCUT2D eigenvalue weighted by Crippen LogP contribution is 2.19. The van der Waals surface area contributed by atoms with E-state index in [9.17, 15) is 5.11 Å². The topological polar surface area (TPSA) is 55.4 Å². The molecule has 0 spiro atoms. The van der Waals surface area contributed by atoms with Gasteiger partial charge in [0.05, 0.1) is 5.69 Å². The number of rotatable bonds is 7. The third-order valence-electron chi connectivity index (χ3n) is 5.29. The summed E-state index contributed by atoms with van der Waals surface area (Å²) in [6.07, 6.45) is 0.822. The van der Waals surface area contributed by atoms with Gasteiger partial charge in [-0.2, -0.15) is 5.10 Å². The molecule has 0 aliphatic carbocycles. The van der Waals surface area contributed by atoms with Gasteiger partial charge in [-0.15, -0.1) is 0 Å². The van der Waals surface area contributed by atoms with Crippen molar-refractivity contribution in [2.24, 2.45) is 0 Å². The molecular formula is C21H32N4O. The van der Waals surface area contributed by atoms with E-state index in [1.807, 2.05) is 0 Å². The molecule has 1 saturated heterocycles. The van der Waals surface area contributed by atoms with Gasteiger partial charge in [0, 0.05) is 51.1 Å². The summed E-state index contributed by atoms with van der Waals surface area (Å²) in [6.45, 7) is 11.6. The van der Waals surface area contributed by atoms with Gasteiger partial charge < -0.3 is 5.11 Å².